The Balaban J connectivity index is 1.45. The highest BCUT2D eigenvalue weighted by atomic mass is 32.2. The van der Waals surface area contributed by atoms with E-state index in [1.54, 1.807) is 30.3 Å². The number of thioether (sulfide) groups is 1. The Kier molecular flexibility index (Phi) is 7.24. The lowest BCUT2D eigenvalue weighted by molar-refractivity contribution is -0.118. The summed E-state index contributed by atoms with van der Waals surface area (Å²) in [7, 11) is 1.47. The highest BCUT2D eigenvalue weighted by Gasteiger charge is 2.33. The fraction of sp³-hybridized carbons (Fsp3) is 0.0800. The minimum atomic E-state index is -0.532. The van der Waals surface area contributed by atoms with Gasteiger partial charge in [-0.05, 0) is 48.0 Å². The van der Waals surface area contributed by atoms with Gasteiger partial charge in [0.1, 0.15) is 5.82 Å². The number of rotatable bonds is 7. The van der Waals surface area contributed by atoms with E-state index in [0.717, 1.165) is 0 Å². The van der Waals surface area contributed by atoms with E-state index in [1.165, 1.54) is 42.0 Å². The molecule has 1 aliphatic rings. The van der Waals surface area contributed by atoms with Crippen molar-refractivity contribution >= 4 is 57.6 Å². The molecule has 0 atom stereocenters. The summed E-state index contributed by atoms with van der Waals surface area (Å²) in [6.07, 6.45) is 1.72. The molecule has 0 spiro atoms. The number of hydrogen-bond donors (Lipinski definition) is 1. The van der Waals surface area contributed by atoms with Gasteiger partial charge in [0.25, 0.3) is 11.8 Å². The second kappa shape index (κ2) is 10.5. The molecule has 1 N–H and O–H groups in total. The number of thiocarbonyl (C=S) groups is 1. The Bertz CT molecular complexity index is 1280. The van der Waals surface area contributed by atoms with Crippen LogP contribution in [0.3, 0.4) is 0 Å². The number of hydrogen-bond acceptors (Lipinski definition) is 6. The van der Waals surface area contributed by atoms with Gasteiger partial charge in [-0.2, -0.15) is 0 Å². The van der Waals surface area contributed by atoms with Crippen molar-refractivity contribution in [2.75, 3.05) is 23.9 Å². The van der Waals surface area contributed by atoms with Crippen molar-refractivity contribution in [3.63, 3.8) is 0 Å². The van der Waals surface area contributed by atoms with Crippen LogP contribution in [0.4, 0.5) is 15.8 Å². The molecule has 34 heavy (non-hydrogen) atoms. The third kappa shape index (κ3) is 5.27. The summed E-state index contributed by atoms with van der Waals surface area (Å²) in [5.74, 6) is -0.535. The second-order valence-electron chi connectivity index (χ2n) is 7.08. The maximum Gasteiger partial charge on any atom is 0.270 e. The van der Waals surface area contributed by atoms with Crippen molar-refractivity contribution in [3.8, 4) is 11.5 Å². The van der Waals surface area contributed by atoms with Crippen LogP contribution in [-0.2, 0) is 9.59 Å². The molecule has 4 rings (SSSR count). The molecule has 0 unspecified atom stereocenters. The summed E-state index contributed by atoms with van der Waals surface area (Å²) >= 11 is 6.62. The molecule has 3 aromatic rings. The first-order chi connectivity index (χ1) is 16.5. The smallest absolute Gasteiger partial charge is 0.270 e. The molecule has 0 aromatic heterocycles. The van der Waals surface area contributed by atoms with Crippen molar-refractivity contribution in [2.45, 2.75) is 0 Å². The van der Waals surface area contributed by atoms with E-state index in [4.69, 9.17) is 21.7 Å². The van der Waals surface area contributed by atoms with E-state index in [9.17, 15) is 14.0 Å². The van der Waals surface area contributed by atoms with Crippen molar-refractivity contribution in [1.82, 2.24) is 0 Å². The Morgan fingerprint density at radius 3 is 2.56 bits per heavy atom. The molecule has 1 aliphatic heterocycles. The van der Waals surface area contributed by atoms with E-state index in [1.807, 2.05) is 30.3 Å². The normalized spacial score (nSPS) is 14.4. The monoisotopic (exact) mass is 494 g/mol. The van der Waals surface area contributed by atoms with Crippen LogP contribution in [0.15, 0.2) is 77.7 Å². The van der Waals surface area contributed by atoms with Gasteiger partial charge in [-0.25, -0.2) is 4.39 Å². The molecule has 1 fully saturated rings. The number of anilines is 2. The van der Waals surface area contributed by atoms with Crippen LogP contribution in [-0.4, -0.2) is 29.9 Å². The summed E-state index contributed by atoms with van der Waals surface area (Å²) in [4.78, 5) is 27.0. The van der Waals surface area contributed by atoms with Gasteiger partial charge in [0.2, 0.25) is 0 Å². The Morgan fingerprint density at radius 2 is 1.82 bits per heavy atom. The summed E-state index contributed by atoms with van der Waals surface area (Å²) < 4.78 is 25.1. The number of amides is 2. The van der Waals surface area contributed by atoms with Crippen LogP contribution >= 0.6 is 24.0 Å². The maximum atomic E-state index is 13.7. The standard InChI is InChI=1S/C25H19FN2O4S2/c1-31-21-13-16(14-22-24(30)28(25(33)34-22)17-7-3-2-4-8-17)11-12-20(21)32-15-23(29)27-19-10-6-5-9-18(19)26/h2-14H,15H2,1H3,(H,27,29)/b22-14-. The van der Waals surface area contributed by atoms with Crippen molar-refractivity contribution in [3.05, 3.63) is 89.1 Å². The van der Waals surface area contributed by atoms with Gasteiger partial charge in [0, 0.05) is 0 Å². The van der Waals surface area contributed by atoms with Crippen LogP contribution in [0.5, 0.6) is 11.5 Å². The number of ether oxygens (including phenoxy) is 2. The van der Waals surface area contributed by atoms with Gasteiger partial charge in [0.05, 0.1) is 23.4 Å². The Hall–Kier alpha value is -3.69. The molecule has 3 aromatic carbocycles. The summed E-state index contributed by atoms with van der Waals surface area (Å²) in [5, 5.41) is 2.46. The van der Waals surface area contributed by atoms with E-state index < -0.39 is 11.7 Å². The van der Waals surface area contributed by atoms with Crippen LogP contribution < -0.4 is 19.7 Å². The van der Waals surface area contributed by atoms with Crippen LogP contribution in [0.25, 0.3) is 6.08 Å². The molecule has 172 valence electrons. The zero-order valence-electron chi connectivity index (χ0n) is 18.0. The number of carbonyl (C=O) groups is 2. The van der Waals surface area contributed by atoms with Gasteiger partial charge in [-0.15, -0.1) is 0 Å². The molecule has 9 heteroatoms. The third-order valence-electron chi connectivity index (χ3n) is 4.80. The van der Waals surface area contributed by atoms with Gasteiger partial charge in [0.15, 0.2) is 22.4 Å². The lowest BCUT2D eigenvalue weighted by Crippen LogP contribution is -2.27. The number of methoxy groups -OCH3 is 1. The molecule has 0 bridgehead atoms. The van der Waals surface area contributed by atoms with Crippen LogP contribution in [0.2, 0.25) is 0 Å². The first-order valence-electron chi connectivity index (χ1n) is 10.1. The number of nitrogens with one attached hydrogen (secondary N) is 1. The van der Waals surface area contributed by atoms with Crippen LogP contribution in [0, 0.1) is 5.82 Å². The zero-order chi connectivity index (χ0) is 24.1. The fourth-order valence-corrected chi connectivity index (χ4v) is 4.50. The third-order valence-corrected chi connectivity index (χ3v) is 6.10. The predicted octanol–water partition coefficient (Wildman–Crippen LogP) is 5.26. The van der Waals surface area contributed by atoms with E-state index in [0.29, 0.717) is 32.0 Å². The molecular formula is C25H19FN2O4S2. The molecule has 0 radical (unpaired) electrons. The first-order valence-corrected chi connectivity index (χ1v) is 11.4. The molecule has 0 saturated carbocycles. The van der Waals surface area contributed by atoms with E-state index >= 15 is 0 Å². The van der Waals surface area contributed by atoms with Gasteiger partial charge < -0.3 is 14.8 Å². The lowest BCUT2D eigenvalue weighted by atomic mass is 10.2. The quantitative estimate of drug-likeness (QED) is 0.357. The van der Waals surface area contributed by atoms with Crippen LogP contribution in [0.1, 0.15) is 5.56 Å². The molecule has 6 nitrogen and oxygen atoms in total. The van der Waals surface area contributed by atoms with Gasteiger partial charge in [-0.1, -0.05) is 60.4 Å². The zero-order valence-corrected chi connectivity index (χ0v) is 19.6. The number of benzene rings is 3. The van der Waals surface area contributed by atoms with Gasteiger partial charge >= 0.3 is 0 Å². The number of halogens is 1. The number of para-hydroxylation sites is 2. The average molecular weight is 495 g/mol. The largest absolute Gasteiger partial charge is 0.493 e. The molecule has 1 heterocycles. The second-order valence-corrected chi connectivity index (χ2v) is 8.76. The molecular weight excluding hydrogens is 475 g/mol. The minimum absolute atomic E-state index is 0.0752. The SMILES string of the molecule is COc1cc(/C=C2\SC(=S)N(c3ccccc3)C2=O)ccc1OCC(=O)Nc1ccccc1F. The van der Waals surface area contributed by atoms with Crippen molar-refractivity contribution in [1.29, 1.82) is 0 Å². The summed E-state index contributed by atoms with van der Waals surface area (Å²) in [5.41, 5.74) is 1.49. The predicted molar refractivity (Wildman–Crippen MR) is 136 cm³/mol. The summed E-state index contributed by atoms with van der Waals surface area (Å²) in [6, 6.07) is 20.2. The fourth-order valence-electron chi connectivity index (χ4n) is 3.20. The first kappa shape index (κ1) is 23.5. The van der Waals surface area contributed by atoms with Crippen molar-refractivity contribution in [2.24, 2.45) is 0 Å². The number of carbonyl (C=O) groups excluding carboxylic acids is 2. The van der Waals surface area contributed by atoms with Gasteiger partial charge in [-0.3, -0.25) is 14.5 Å². The molecule has 2 amide bonds. The number of nitrogens with zero attached hydrogens (tertiary/aromatic N) is 1. The maximum absolute atomic E-state index is 13.7. The topological polar surface area (TPSA) is 67.9 Å². The Labute approximate surface area is 205 Å². The lowest BCUT2D eigenvalue weighted by Gasteiger charge is -2.14. The highest BCUT2D eigenvalue weighted by Crippen LogP contribution is 2.37. The van der Waals surface area contributed by atoms with E-state index in [2.05, 4.69) is 5.32 Å². The Morgan fingerprint density at radius 1 is 1.09 bits per heavy atom. The molecule has 0 aliphatic carbocycles. The van der Waals surface area contributed by atoms with E-state index in [-0.39, 0.29) is 18.2 Å². The average Bonchev–Trinajstić information content (AvgIpc) is 3.12. The summed E-state index contributed by atoms with van der Waals surface area (Å²) in [6.45, 7) is -0.334. The highest BCUT2D eigenvalue weighted by molar-refractivity contribution is 8.27. The minimum Gasteiger partial charge on any atom is -0.493 e. The van der Waals surface area contributed by atoms with Crippen molar-refractivity contribution < 1.29 is 23.5 Å². The molecule has 1 saturated heterocycles.